The molecule has 0 amide bonds. The van der Waals surface area contributed by atoms with E-state index in [2.05, 4.69) is 132 Å². The molecule has 0 spiro atoms. The normalized spacial score (nSPS) is 15.8. The minimum atomic E-state index is -0.815. The quantitative estimate of drug-likeness (QED) is 0.101. The number of aromatic nitrogens is 1. The van der Waals surface area contributed by atoms with Crippen molar-refractivity contribution in [2.24, 2.45) is 0 Å². The van der Waals surface area contributed by atoms with Crippen LogP contribution < -0.4 is 9.68 Å². The number of fused-ring (bicyclic) bond motifs is 6. The Kier molecular flexibility index (Phi) is 9.20. The van der Waals surface area contributed by atoms with Crippen molar-refractivity contribution in [1.82, 2.24) is 9.14 Å². The van der Waals surface area contributed by atoms with E-state index in [1.165, 1.54) is 24.3 Å². The fraction of sp³-hybridized carbons (Fsp3) is 0.286. The number of ketones is 1. The molecular weight excluding hydrogens is 797 g/mol. The maximum Gasteiger partial charge on any atom is 0.219 e. The molecule has 8 heteroatoms. The van der Waals surface area contributed by atoms with Gasteiger partial charge in [-0.1, -0.05) is 113 Å². The van der Waals surface area contributed by atoms with Crippen molar-refractivity contribution in [3.63, 3.8) is 0 Å². The standard InChI is InChI=1S/C56H56N2O6/c1-53(2,3)29-13-17-39-35(21-29)36-22-30(54(4,5)6)14-18-40(36)57(39)33-25-43(59)47(44(60)26-33)49-51(63)50(52(49)64)48-45(61)27-34(28-46(48)62)58-41-19-15-31(55(7,8)9)23-37(41)38-24-32(56(10,11)12)16-20-42(38)58/h13-28H,1-12H3,(H4,59,60,61,62,63,64). The molecule has 5 aromatic carbocycles. The van der Waals surface area contributed by atoms with E-state index in [-0.39, 0.29) is 32.8 Å². The van der Waals surface area contributed by atoms with E-state index < -0.39 is 45.7 Å². The van der Waals surface area contributed by atoms with E-state index in [1.807, 2.05) is 33.4 Å². The Hall–Kier alpha value is -6.80. The zero-order valence-corrected chi connectivity index (χ0v) is 38.7. The highest BCUT2D eigenvalue weighted by Gasteiger charge is 2.41. The fourth-order valence-electron chi connectivity index (χ4n) is 9.28. The third kappa shape index (κ3) is 6.56. The molecule has 0 atom stereocenters. The van der Waals surface area contributed by atoms with Crippen LogP contribution in [0.4, 0.5) is 11.4 Å². The van der Waals surface area contributed by atoms with Gasteiger partial charge < -0.3 is 30.1 Å². The van der Waals surface area contributed by atoms with Crippen LogP contribution in [0, 0.1) is 0 Å². The summed E-state index contributed by atoms with van der Waals surface area (Å²) in [6, 6.07) is 28.2. The Morgan fingerprint density at radius 3 is 1.28 bits per heavy atom. The van der Waals surface area contributed by atoms with Crippen LogP contribution in [0.2, 0.25) is 0 Å². The van der Waals surface area contributed by atoms with Gasteiger partial charge in [0.25, 0.3) is 0 Å². The summed E-state index contributed by atoms with van der Waals surface area (Å²) in [5.41, 5.74) is 9.10. The van der Waals surface area contributed by atoms with E-state index in [9.17, 15) is 30.3 Å². The molecular formula is C56H56N2O6. The topological polar surface area (TPSA) is 129 Å². The second kappa shape index (κ2) is 13.8. The highest BCUT2D eigenvalue weighted by atomic mass is 16.3. The van der Waals surface area contributed by atoms with Crippen LogP contribution in [0.1, 0.15) is 111 Å². The number of aliphatic hydroxyl groups is 2. The minimum absolute atomic E-state index is 0.104. The molecule has 3 aliphatic rings. The summed E-state index contributed by atoms with van der Waals surface area (Å²) in [6.07, 6.45) is 2.89. The Labute approximate surface area is 374 Å². The number of allylic oxidation sites excluding steroid dienone is 4. The van der Waals surface area contributed by atoms with E-state index in [1.54, 1.807) is 0 Å². The average molecular weight is 853 g/mol. The van der Waals surface area contributed by atoms with Crippen molar-refractivity contribution in [1.29, 1.82) is 0 Å². The van der Waals surface area contributed by atoms with Gasteiger partial charge >= 0.3 is 0 Å². The highest BCUT2D eigenvalue weighted by Crippen LogP contribution is 2.50. The second-order valence-corrected chi connectivity index (χ2v) is 21.7. The monoisotopic (exact) mass is 852 g/mol. The summed E-state index contributed by atoms with van der Waals surface area (Å²) in [5.74, 6) is -3.47. The van der Waals surface area contributed by atoms with Crippen LogP contribution in [0.25, 0.3) is 44.2 Å². The predicted octanol–water partition coefficient (Wildman–Crippen LogP) is 12.2. The highest BCUT2D eigenvalue weighted by molar-refractivity contribution is 6.40. The lowest BCUT2D eigenvalue weighted by Crippen LogP contribution is -2.32. The first kappa shape index (κ1) is 42.5. The smallest absolute Gasteiger partial charge is 0.219 e. The first-order valence-electron chi connectivity index (χ1n) is 21.9. The molecule has 9 rings (SSSR count). The fourth-order valence-corrected chi connectivity index (χ4v) is 9.28. The lowest BCUT2D eigenvalue weighted by atomic mass is 9.78. The second-order valence-electron chi connectivity index (χ2n) is 21.7. The van der Waals surface area contributed by atoms with Crippen molar-refractivity contribution in [3.8, 4) is 28.3 Å². The number of carbonyl (C=O) groups is 1. The number of hydrogen-bond donors (Lipinski definition) is 4. The van der Waals surface area contributed by atoms with Gasteiger partial charge in [-0.3, -0.25) is 4.79 Å². The molecule has 64 heavy (non-hydrogen) atoms. The largest absolute Gasteiger partial charge is 0.871 e. The number of hydrogen-bond acceptors (Lipinski definition) is 6. The Balaban J connectivity index is 1.14. The van der Waals surface area contributed by atoms with Crippen molar-refractivity contribution in [2.45, 2.75) is 105 Å². The number of benzene rings is 5. The molecule has 2 heterocycles. The Bertz CT molecular complexity index is 3060. The Morgan fingerprint density at radius 1 is 0.500 bits per heavy atom. The van der Waals surface area contributed by atoms with Crippen molar-refractivity contribution < 1.29 is 30.3 Å². The number of aliphatic hydroxyl groups excluding tert-OH is 2. The van der Waals surface area contributed by atoms with Gasteiger partial charge in [-0.05, 0) is 80.3 Å². The van der Waals surface area contributed by atoms with E-state index in [0.717, 1.165) is 66.6 Å². The van der Waals surface area contributed by atoms with Crippen LogP contribution in [0.3, 0.4) is 0 Å². The lowest BCUT2D eigenvalue weighted by molar-refractivity contribution is -0.297. The molecule has 6 aromatic rings. The SMILES string of the molecule is CC(C)(C)c1ccc2c(c1)-c1cc(C(C)(C)C)ccc1[N+]2=C1C=C(O)C(=C2C(=O)C(c3c(O)cc(-n4c5ccc(C(C)(C)C)cc5c5cc(C(C)(C)C)ccc54)cc3O)=C2[O-])C(O)=C1. The van der Waals surface area contributed by atoms with Crippen LogP contribution in [-0.4, -0.2) is 36.5 Å². The van der Waals surface area contributed by atoms with Crippen LogP contribution >= 0.6 is 0 Å². The van der Waals surface area contributed by atoms with Gasteiger partial charge in [-0.2, -0.15) is 4.58 Å². The van der Waals surface area contributed by atoms with E-state index >= 15 is 0 Å². The number of aromatic hydroxyl groups is 2. The molecule has 1 aromatic heterocycles. The van der Waals surface area contributed by atoms with Crippen molar-refractivity contribution in [2.75, 3.05) is 0 Å². The average Bonchev–Trinajstić information content (AvgIpc) is 3.70. The molecule has 326 valence electrons. The van der Waals surface area contributed by atoms with Gasteiger partial charge in [0.05, 0.1) is 51.1 Å². The summed E-state index contributed by atoms with van der Waals surface area (Å²) in [7, 11) is 0. The number of phenols is 2. The van der Waals surface area contributed by atoms with Crippen LogP contribution in [0.5, 0.6) is 11.5 Å². The first-order valence-corrected chi connectivity index (χ1v) is 21.9. The van der Waals surface area contributed by atoms with Crippen molar-refractivity contribution >= 4 is 50.2 Å². The third-order valence-corrected chi connectivity index (χ3v) is 13.1. The van der Waals surface area contributed by atoms with Gasteiger partial charge in [0, 0.05) is 46.2 Å². The maximum absolute atomic E-state index is 14.0. The van der Waals surface area contributed by atoms with Crippen molar-refractivity contribution in [3.05, 3.63) is 153 Å². The summed E-state index contributed by atoms with van der Waals surface area (Å²) in [6.45, 7) is 26.0. The van der Waals surface area contributed by atoms with Gasteiger partial charge in [-0.15, -0.1) is 0 Å². The molecule has 1 aliphatic heterocycles. The molecule has 0 fully saturated rings. The lowest BCUT2D eigenvalue weighted by Gasteiger charge is -2.33. The molecule has 2 aliphatic carbocycles. The van der Waals surface area contributed by atoms with Gasteiger partial charge in [0.2, 0.25) is 17.1 Å². The molecule has 0 saturated heterocycles. The number of rotatable bonds is 2. The van der Waals surface area contributed by atoms with Crippen LogP contribution in [-0.2, 0) is 26.5 Å². The number of Topliss-reactive ketones (excluding diaryl/α,β-unsaturated/α-hetero) is 1. The van der Waals surface area contributed by atoms with Gasteiger partial charge in [0.1, 0.15) is 23.0 Å². The molecule has 0 saturated carbocycles. The zero-order chi connectivity index (χ0) is 46.3. The minimum Gasteiger partial charge on any atom is -0.871 e. The summed E-state index contributed by atoms with van der Waals surface area (Å²) in [5, 5.41) is 62.4. The number of carbonyl (C=O) groups excluding carboxylic acids is 1. The molecule has 0 radical (unpaired) electrons. The Morgan fingerprint density at radius 2 is 0.891 bits per heavy atom. The van der Waals surface area contributed by atoms with Crippen LogP contribution in [0.15, 0.2) is 126 Å². The van der Waals surface area contributed by atoms with E-state index in [4.69, 9.17) is 0 Å². The molecule has 8 nitrogen and oxygen atoms in total. The van der Waals surface area contributed by atoms with E-state index in [0.29, 0.717) is 11.4 Å². The predicted molar refractivity (Wildman–Crippen MR) is 258 cm³/mol. The number of nitrogens with zero attached hydrogens (tertiary/aromatic N) is 2. The summed E-state index contributed by atoms with van der Waals surface area (Å²) >= 11 is 0. The maximum atomic E-state index is 14.0. The van der Waals surface area contributed by atoms with Gasteiger partial charge in [0.15, 0.2) is 5.78 Å². The molecule has 0 bridgehead atoms. The zero-order valence-electron chi connectivity index (χ0n) is 38.7. The van der Waals surface area contributed by atoms with Gasteiger partial charge in [-0.25, -0.2) is 0 Å². The summed E-state index contributed by atoms with van der Waals surface area (Å²) in [4.78, 5) is 14.0. The first-order chi connectivity index (χ1) is 29.8. The summed E-state index contributed by atoms with van der Waals surface area (Å²) < 4.78 is 3.92. The number of phenolic OH excluding ortho intramolecular Hbond substituents is 2. The third-order valence-electron chi connectivity index (χ3n) is 13.1. The molecule has 4 N–H and O–H groups in total. The molecule has 0 unspecified atom stereocenters.